The minimum Gasteiger partial charge on any atom is -0.497 e. The van der Waals surface area contributed by atoms with Crippen LogP contribution in [0, 0.1) is 0 Å². The lowest BCUT2D eigenvalue weighted by Crippen LogP contribution is -2.02. The Bertz CT molecular complexity index is 352. The van der Waals surface area contributed by atoms with Crippen molar-refractivity contribution >= 4 is 11.6 Å². The van der Waals surface area contributed by atoms with Crippen molar-refractivity contribution in [1.29, 1.82) is 0 Å². The average molecular weight is 206 g/mol. The first-order valence-corrected chi connectivity index (χ1v) is 4.80. The van der Waals surface area contributed by atoms with E-state index in [1.54, 1.807) is 31.4 Å². The van der Waals surface area contributed by atoms with E-state index in [0.29, 0.717) is 12.0 Å². The molecule has 1 aromatic rings. The number of carbonyl (C=O) groups excluding carboxylic acids is 2. The summed E-state index contributed by atoms with van der Waals surface area (Å²) in [6.07, 6.45) is 0.590. The Hall–Kier alpha value is -1.64. The number of ether oxygens (including phenoxy) is 1. The second-order valence-electron chi connectivity index (χ2n) is 3.35. The molecule has 0 spiro atoms. The Morgan fingerprint density at radius 2 is 1.73 bits per heavy atom. The van der Waals surface area contributed by atoms with Crippen molar-refractivity contribution in [3.63, 3.8) is 0 Å². The average Bonchev–Trinajstić information content (AvgIpc) is 2.26. The van der Waals surface area contributed by atoms with Gasteiger partial charge in [-0.3, -0.25) is 4.79 Å². The number of hydrogen-bond donors (Lipinski definition) is 0. The van der Waals surface area contributed by atoms with E-state index in [4.69, 9.17) is 4.74 Å². The zero-order chi connectivity index (χ0) is 11.3. The van der Waals surface area contributed by atoms with Crippen LogP contribution in [0.25, 0.3) is 0 Å². The highest BCUT2D eigenvalue weighted by atomic mass is 16.5. The van der Waals surface area contributed by atoms with Crippen LogP contribution in [-0.2, 0) is 4.79 Å². The summed E-state index contributed by atoms with van der Waals surface area (Å²) in [6, 6.07) is 6.89. The van der Waals surface area contributed by atoms with Crippen molar-refractivity contribution in [2.75, 3.05) is 7.11 Å². The quantitative estimate of drug-likeness (QED) is 0.694. The highest BCUT2D eigenvalue weighted by molar-refractivity contribution is 5.98. The van der Waals surface area contributed by atoms with Gasteiger partial charge >= 0.3 is 0 Å². The fourth-order valence-corrected chi connectivity index (χ4v) is 1.21. The Balaban J connectivity index is 2.62. The third-order valence-electron chi connectivity index (χ3n) is 2.12. The monoisotopic (exact) mass is 206 g/mol. The van der Waals surface area contributed by atoms with Crippen LogP contribution in [0.5, 0.6) is 5.75 Å². The van der Waals surface area contributed by atoms with Gasteiger partial charge in [0.2, 0.25) is 0 Å². The van der Waals surface area contributed by atoms with Crippen molar-refractivity contribution in [3.05, 3.63) is 29.8 Å². The molecule has 3 nitrogen and oxygen atoms in total. The maximum atomic E-state index is 11.6. The number of ketones is 2. The lowest BCUT2D eigenvalue weighted by Gasteiger charge is -2.01. The number of benzene rings is 1. The minimum atomic E-state index is -0.00662. The van der Waals surface area contributed by atoms with E-state index in [-0.39, 0.29) is 18.0 Å². The number of hydrogen-bond acceptors (Lipinski definition) is 3. The van der Waals surface area contributed by atoms with E-state index in [1.807, 2.05) is 0 Å². The van der Waals surface area contributed by atoms with Crippen molar-refractivity contribution in [2.45, 2.75) is 19.8 Å². The SMILES string of the molecule is COc1ccc(C(=O)CCC(C)=O)cc1. The molecule has 0 saturated heterocycles. The van der Waals surface area contributed by atoms with Gasteiger partial charge in [0.1, 0.15) is 11.5 Å². The van der Waals surface area contributed by atoms with Crippen LogP contribution >= 0.6 is 0 Å². The van der Waals surface area contributed by atoms with Gasteiger partial charge < -0.3 is 9.53 Å². The molecule has 0 aliphatic rings. The lowest BCUT2D eigenvalue weighted by atomic mass is 10.1. The largest absolute Gasteiger partial charge is 0.497 e. The van der Waals surface area contributed by atoms with Gasteiger partial charge in [-0.25, -0.2) is 0 Å². The van der Waals surface area contributed by atoms with Gasteiger partial charge in [0.05, 0.1) is 7.11 Å². The molecule has 0 bridgehead atoms. The molecule has 1 aromatic carbocycles. The molecule has 0 aliphatic heterocycles. The summed E-state index contributed by atoms with van der Waals surface area (Å²) in [7, 11) is 1.58. The summed E-state index contributed by atoms with van der Waals surface area (Å²) in [5.41, 5.74) is 0.622. The van der Waals surface area contributed by atoms with Gasteiger partial charge in [0, 0.05) is 18.4 Å². The summed E-state index contributed by atoms with van der Waals surface area (Å²) in [5, 5.41) is 0. The molecule has 1 rings (SSSR count). The molecule has 3 heteroatoms. The molecule has 0 unspecified atom stereocenters. The zero-order valence-electron chi connectivity index (χ0n) is 8.95. The molecule has 0 heterocycles. The number of methoxy groups -OCH3 is 1. The fraction of sp³-hybridized carbons (Fsp3) is 0.333. The standard InChI is InChI=1S/C12H14O3/c1-9(13)3-8-12(14)10-4-6-11(15-2)7-5-10/h4-7H,3,8H2,1-2H3. The zero-order valence-corrected chi connectivity index (χ0v) is 8.95. The maximum Gasteiger partial charge on any atom is 0.163 e. The summed E-state index contributed by atoms with van der Waals surface area (Å²) in [5.74, 6) is 0.753. The van der Waals surface area contributed by atoms with E-state index >= 15 is 0 Å². The van der Waals surface area contributed by atoms with Gasteiger partial charge in [-0.15, -0.1) is 0 Å². The molecule has 0 radical (unpaired) electrons. The second kappa shape index (κ2) is 5.29. The Morgan fingerprint density at radius 3 is 2.20 bits per heavy atom. The van der Waals surface area contributed by atoms with Gasteiger partial charge in [-0.2, -0.15) is 0 Å². The highest BCUT2D eigenvalue weighted by Crippen LogP contribution is 2.13. The van der Waals surface area contributed by atoms with Gasteiger partial charge in [-0.1, -0.05) is 0 Å². The first-order chi connectivity index (χ1) is 7.13. The first-order valence-electron chi connectivity index (χ1n) is 4.80. The van der Waals surface area contributed by atoms with Crippen molar-refractivity contribution < 1.29 is 14.3 Å². The summed E-state index contributed by atoms with van der Waals surface area (Å²) in [4.78, 5) is 22.3. The van der Waals surface area contributed by atoms with Gasteiger partial charge in [0.25, 0.3) is 0 Å². The van der Waals surface area contributed by atoms with E-state index in [9.17, 15) is 9.59 Å². The second-order valence-corrected chi connectivity index (χ2v) is 3.35. The summed E-state index contributed by atoms with van der Waals surface area (Å²) >= 11 is 0. The van der Waals surface area contributed by atoms with Crippen LogP contribution in [-0.4, -0.2) is 18.7 Å². The summed E-state index contributed by atoms with van der Waals surface area (Å²) in [6.45, 7) is 1.49. The predicted octanol–water partition coefficient (Wildman–Crippen LogP) is 2.25. The van der Waals surface area contributed by atoms with Crippen LogP contribution in [0.15, 0.2) is 24.3 Å². The van der Waals surface area contributed by atoms with Crippen LogP contribution in [0.3, 0.4) is 0 Å². The molecular weight excluding hydrogens is 192 g/mol. The maximum absolute atomic E-state index is 11.6. The van der Waals surface area contributed by atoms with Crippen molar-refractivity contribution in [3.8, 4) is 5.75 Å². The van der Waals surface area contributed by atoms with E-state index in [2.05, 4.69) is 0 Å². The van der Waals surface area contributed by atoms with Crippen molar-refractivity contribution in [2.24, 2.45) is 0 Å². The molecule has 0 N–H and O–H groups in total. The number of Topliss-reactive ketones (excluding diaryl/α,β-unsaturated/α-hetero) is 2. The van der Waals surface area contributed by atoms with E-state index in [0.717, 1.165) is 5.75 Å². The van der Waals surface area contributed by atoms with Crippen LogP contribution < -0.4 is 4.74 Å². The van der Waals surface area contributed by atoms with Gasteiger partial charge in [0.15, 0.2) is 5.78 Å². The predicted molar refractivity (Wildman–Crippen MR) is 57.2 cm³/mol. The number of carbonyl (C=O) groups is 2. The minimum absolute atomic E-state index is 0.00662. The molecule has 0 atom stereocenters. The Morgan fingerprint density at radius 1 is 1.13 bits per heavy atom. The third kappa shape index (κ3) is 3.54. The smallest absolute Gasteiger partial charge is 0.163 e. The molecule has 80 valence electrons. The van der Waals surface area contributed by atoms with Crippen molar-refractivity contribution in [1.82, 2.24) is 0 Å². The molecule has 0 aromatic heterocycles. The summed E-state index contributed by atoms with van der Waals surface area (Å²) < 4.78 is 4.98. The molecular formula is C12H14O3. The molecule has 0 saturated carbocycles. The molecule has 0 fully saturated rings. The highest BCUT2D eigenvalue weighted by Gasteiger charge is 2.06. The van der Waals surface area contributed by atoms with Gasteiger partial charge in [-0.05, 0) is 31.2 Å². The fourth-order valence-electron chi connectivity index (χ4n) is 1.21. The van der Waals surface area contributed by atoms with E-state index < -0.39 is 0 Å². The lowest BCUT2D eigenvalue weighted by molar-refractivity contribution is -0.116. The van der Waals surface area contributed by atoms with E-state index in [1.165, 1.54) is 6.92 Å². The molecule has 0 aliphatic carbocycles. The number of rotatable bonds is 5. The first kappa shape index (κ1) is 11.4. The third-order valence-corrected chi connectivity index (χ3v) is 2.12. The van der Waals surface area contributed by atoms with Crippen LogP contribution in [0.4, 0.5) is 0 Å². The molecule has 0 amide bonds. The van der Waals surface area contributed by atoms with Crippen LogP contribution in [0.1, 0.15) is 30.1 Å². The van der Waals surface area contributed by atoms with Crippen LogP contribution in [0.2, 0.25) is 0 Å². The Labute approximate surface area is 89.1 Å². The molecule has 15 heavy (non-hydrogen) atoms. The normalized spacial score (nSPS) is 9.73. The topological polar surface area (TPSA) is 43.4 Å². The Kier molecular flexibility index (Phi) is 4.03.